The summed E-state index contributed by atoms with van der Waals surface area (Å²) < 4.78 is 0. The van der Waals surface area contributed by atoms with Crippen molar-refractivity contribution in [3.05, 3.63) is 23.3 Å². The quantitative estimate of drug-likeness (QED) is 0.719. The van der Waals surface area contributed by atoms with Crippen LogP contribution < -0.4 is 5.73 Å². The molecule has 0 amide bonds. The number of thiophene rings is 1. The third-order valence-electron chi connectivity index (χ3n) is 2.26. The first-order chi connectivity index (χ1) is 7.75. The van der Waals surface area contributed by atoms with Crippen molar-refractivity contribution in [1.29, 1.82) is 0 Å². The number of nitrogens with two attached hydrogens (primary N) is 1. The molecule has 0 aromatic carbocycles. The summed E-state index contributed by atoms with van der Waals surface area (Å²) in [7, 11) is 0. The molecule has 0 saturated heterocycles. The Hall–Kier alpha value is -1.53. The van der Waals surface area contributed by atoms with Crippen molar-refractivity contribution < 1.29 is 0 Å². The van der Waals surface area contributed by atoms with Gasteiger partial charge in [0, 0.05) is 12.4 Å². The maximum Gasteiger partial charge on any atom is 0.190 e. The lowest BCUT2D eigenvalue weighted by atomic mass is 10.3. The molecule has 0 bridgehead atoms. The van der Waals surface area contributed by atoms with E-state index in [1.165, 1.54) is 11.3 Å². The molecule has 0 spiro atoms. The van der Waals surface area contributed by atoms with E-state index in [0.29, 0.717) is 5.65 Å². The SMILES string of the molecule is Cc1csc(-c2nc3nccnc3s2)c1N. The fraction of sp³-hybridized carbons (Fsp3) is 0.100. The molecule has 3 aromatic heterocycles. The molecule has 3 aromatic rings. The number of fused-ring (bicyclic) bond motifs is 1. The summed E-state index contributed by atoms with van der Waals surface area (Å²) in [4.78, 5) is 14.7. The summed E-state index contributed by atoms with van der Waals surface area (Å²) in [6.07, 6.45) is 3.32. The van der Waals surface area contributed by atoms with E-state index in [-0.39, 0.29) is 0 Å². The molecule has 0 fully saturated rings. The van der Waals surface area contributed by atoms with Crippen molar-refractivity contribution in [1.82, 2.24) is 15.0 Å². The summed E-state index contributed by atoms with van der Waals surface area (Å²) >= 11 is 3.14. The Balaban J connectivity index is 2.23. The molecular weight excluding hydrogens is 240 g/mol. The highest BCUT2D eigenvalue weighted by atomic mass is 32.1. The van der Waals surface area contributed by atoms with Crippen molar-refractivity contribution in [2.24, 2.45) is 0 Å². The van der Waals surface area contributed by atoms with Crippen molar-refractivity contribution in [3.8, 4) is 9.88 Å². The van der Waals surface area contributed by atoms with E-state index in [1.807, 2.05) is 12.3 Å². The molecule has 80 valence electrons. The van der Waals surface area contributed by atoms with Crippen LogP contribution in [0.25, 0.3) is 20.4 Å². The van der Waals surface area contributed by atoms with Crippen molar-refractivity contribution in [2.75, 3.05) is 5.73 Å². The third kappa shape index (κ3) is 1.38. The van der Waals surface area contributed by atoms with Gasteiger partial charge < -0.3 is 5.73 Å². The number of hydrogen-bond acceptors (Lipinski definition) is 6. The van der Waals surface area contributed by atoms with Crippen molar-refractivity contribution in [2.45, 2.75) is 6.92 Å². The van der Waals surface area contributed by atoms with Crippen LogP contribution in [0.5, 0.6) is 0 Å². The van der Waals surface area contributed by atoms with Gasteiger partial charge in [0.05, 0.1) is 10.6 Å². The summed E-state index contributed by atoms with van der Waals surface area (Å²) in [5, 5.41) is 2.94. The van der Waals surface area contributed by atoms with Gasteiger partial charge in [-0.25, -0.2) is 15.0 Å². The number of aromatic nitrogens is 3. The number of rotatable bonds is 1. The van der Waals surface area contributed by atoms with Gasteiger partial charge in [-0.2, -0.15) is 0 Å². The fourth-order valence-corrected chi connectivity index (χ4v) is 3.34. The third-order valence-corrected chi connectivity index (χ3v) is 4.48. The van der Waals surface area contributed by atoms with E-state index in [9.17, 15) is 0 Å². The minimum absolute atomic E-state index is 0.688. The lowest BCUT2D eigenvalue weighted by Crippen LogP contribution is -1.86. The van der Waals surface area contributed by atoms with Gasteiger partial charge in [-0.05, 0) is 17.9 Å². The van der Waals surface area contributed by atoms with Crippen LogP contribution in [0.15, 0.2) is 17.8 Å². The maximum atomic E-state index is 5.99. The predicted octanol–water partition coefficient (Wildman–Crippen LogP) is 2.71. The van der Waals surface area contributed by atoms with Crippen LogP contribution in [0, 0.1) is 6.92 Å². The van der Waals surface area contributed by atoms with Gasteiger partial charge in [-0.1, -0.05) is 11.3 Å². The number of thiazole rings is 1. The molecule has 0 aliphatic carbocycles. The normalized spacial score (nSPS) is 11.1. The molecule has 0 aliphatic heterocycles. The first-order valence-corrected chi connectivity index (χ1v) is 6.37. The lowest BCUT2D eigenvalue weighted by molar-refractivity contribution is 1.27. The van der Waals surface area contributed by atoms with Gasteiger partial charge in [0.2, 0.25) is 0 Å². The van der Waals surface area contributed by atoms with Gasteiger partial charge in [0.15, 0.2) is 10.5 Å². The number of anilines is 1. The van der Waals surface area contributed by atoms with Crippen molar-refractivity contribution in [3.63, 3.8) is 0 Å². The van der Waals surface area contributed by atoms with Crippen LogP contribution in [0.4, 0.5) is 5.69 Å². The second-order valence-electron chi connectivity index (χ2n) is 3.37. The summed E-state index contributed by atoms with van der Waals surface area (Å²) in [5.41, 5.74) is 8.59. The summed E-state index contributed by atoms with van der Waals surface area (Å²) in [6, 6.07) is 0. The largest absolute Gasteiger partial charge is 0.397 e. The Bertz CT molecular complexity index is 623. The van der Waals surface area contributed by atoms with Crippen LogP contribution >= 0.6 is 22.7 Å². The number of aryl methyl sites for hydroxylation is 1. The van der Waals surface area contributed by atoms with E-state index >= 15 is 0 Å². The van der Waals surface area contributed by atoms with Crippen LogP contribution in [-0.4, -0.2) is 15.0 Å². The van der Waals surface area contributed by atoms with Crippen LogP contribution in [0.1, 0.15) is 5.56 Å². The Morgan fingerprint density at radius 2 is 2.06 bits per heavy atom. The standard InChI is InChI=1S/C10H8N4S2/c1-5-4-15-7(6(5)11)9-14-8-10(16-9)13-3-2-12-8/h2-4H,11H2,1H3. The van der Waals surface area contributed by atoms with Crippen LogP contribution in [0.2, 0.25) is 0 Å². The zero-order valence-electron chi connectivity index (χ0n) is 8.47. The molecule has 4 nitrogen and oxygen atoms in total. The molecule has 0 saturated carbocycles. The van der Waals surface area contributed by atoms with Crippen LogP contribution in [0.3, 0.4) is 0 Å². The Morgan fingerprint density at radius 1 is 1.25 bits per heavy atom. The van der Waals surface area contributed by atoms with Gasteiger partial charge in [-0.3, -0.25) is 0 Å². The zero-order chi connectivity index (χ0) is 11.1. The molecule has 0 atom stereocenters. The highest BCUT2D eigenvalue weighted by Crippen LogP contribution is 2.37. The molecular formula is C10H8N4S2. The Kier molecular flexibility index (Phi) is 2.12. The van der Waals surface area contributed by atoms with Gasteiger partial charge in [0.25, 0.3) is 0 Å². The molecule has 0 radical (unpaired) electrons. The topological polar surface area (TPSA) is 64.7 Å². The molecule has 0 unspecified atom stereocenters. The highest BCUT2D eigenvalue weighted by molar-refractivity contribution is 7.25. The van der Waals surface area contributed by atoms with E-state index in [2.05, 4.69) is 15.0 Å². The predicted molar refractivity (Wildman–Crippen MR) is 67.7 cm³/mol. The number of nitrogens with zero attached hydrogens (tertiary/aromatic N) is 3. The molecule has 6 heteroatoms. The minimum atomic E-state index is 0.688. The summed E-state index contributed by atoms with van der Waals surface area (Å²) in [6.45, 7) is 2.00. The minimum Gasteiger partial charge on any atom is -0.397 e. The van der Waals surface area contributed by atoms with E-state index in [4.69, 9.17) is 5.73 Å². The fourth-order valence-electron chi connectivity index (χ4n) is 1.39. The molecule has 3 rings (SSSR count). The Morgan fingerprint density at radius 3 is 2.75 bits per heavy atom. The van der Waals surface area contributed by atoms with Gasteiger partial charge in [-0.15, -0.1) is 11.3 Å². The van der Waals surface area contributed by atoms with E-state index in [1.54, 1.807) is 23.7 Å². The molecule has 0 aliphatic rings. The monoisotopic (exact) mass is 248 g/mol. The number of hydrogen-bond donors (Lipinski definition) is 1. The van der Waals surface area contributed by atoms with Crippen molar-refractivity contribution >= 4 is 38.8 Å². The first kappa shape index (κ1) is 9.68. The first-order valence-electron chi connectivity index (χ1n) is 4.67. The van der Waals surface area contributed by atoms with Gasteiger partial charge >= 0.3 is 0 Å². The second kappa shape index (κ2) is 3.50. The smallest absolute Gasteiger partial charge is 0.190 e. The maximum absolute atomic E-state index is 5.99. The molecule has 2 N–H and O–H groups in total. The lowest BCUT2D eigenvalue weighted by Gasteiger charge is -1.93. The Labute approximate surface area is 99.8 Å². The highest BCUT2D eigenvalue weighted by Gasteiger charge is 2.13. The van der Waals surface area contributed by atoms with Crippen LogP contribution in [-0.2, 0) is 0 Å². The average Bonchev–Trinajstić information content (AvgIpc) is 2.84. The zero-order valence-corrected chi connectivity index (χ0v) is 10.1. The van der Waals surface area contributed by atoms with Gasteiger partial charge in [0.1, 0.15) is 5.01 Å². The molecule has 3 heterocycles. The van der Waals surface area contributed by atoms with E-state index in [0.717, 1.165) is 26.0 Å². The second-order valence-corrected chi connectivity index (χ2v) is 5.22. The molecule has 16 heavy (non-hydrogen) atoms. The average molecular weight is 248 g/mol. The van der Waals surface area contributed by atoms with E-state index < -0.39 is 0 Å². The number of nitrogen functional groups attached to an aromatic ring is 1. The summed E-state index contributed by atoms with van der Waals surface area (Å²) in [5.74, 6) is 0.